The summed E-state index contributed by atoms with van der Waals surface area (Å²) in [6.45, 7) is 3.48. The number of thioether (sulfide) groups is 1. The van der Waals surface area contributed by atoms with E-state index in [0.29, 0.717) is 17.5 Å². The second kappa shape index (κ2) is 5.14. The maximum atomic E-state index is 8.69. The standard InChI is InChI=1S/C9H14N4OS/c1-7-12-13-8(14-7)15-5-3-4-9(2,11)6-10/h3-5,11H2,1-2H3. The molecule has 0 aromatic carbocycles. The molecule has 15 heavy (non-hydrogen) atoms. The van der Waals surface area contributed by atoms with Crippen molar-refractivity contribution in [1.82, 2.24) is 10.2 Å². The van der Waals surface area contributed by atoms with Gasteiger partial charge >= 0.3 is 0 Å². The van der Waals surface area contributed by atoms with Crippen molar-refractivity contribution in [1.29, 1.82) is 5.26 Å². The predicted molar refractivity (Wildman–Crippen MR) is 57.2 cm³/mol. The maximum absolute atomic E-state index is 8.69. The van der Waals surface area contributed by atoms with Crippen molar-refractivity contribution in [2.75, 3.05) is 5.75 Å². The fourth-order valence-corrected chi connectivity index (χ4v) is 1.73. The third-order valence-electron chi connectivity index (χ3n) is 1.83. The highest BCUT2D eigenvalue weighted by Crippen LogP contribution is 2.18. The first-order chi connectivity index (χ1) is 7.03. The van der Waals surface area contributed by atoms with Crippen molar-refractivity contribution in [3.8, 4) is 6.07 Å². The van der Waals surface area contributed by atoms with E-state index >= 15 is 0 Å². The van der Waals surface area contributed by atoms with Crippen molar-refractivity contribution >= 4 is 11.8 Å². The van der Waals surface area contributed by atoms with E-state index in [-0.39, 0.29) is 0 Å². The molecule has 1 atom stereocenters. The summed E-state index contributed by atoms with van der Waals surface area (Å²) in [6.07, 6.45) is 1.52. The Morgan fingerprint density at radius 2 is 2.33 bits per heavy atom. The molecule has 0 spiro atoms. The molecule has 1 aromatic heterocycles. The molecule has 0 aliphatic rings. The van der Waals surface area contributed by atoms with Crippen LogP contribution in [0.4, 0.5) is 0 Å². The fraction of sp³-hybridized carbons (Fsp3) is 0.667. The minimum atomic E-state index is -0.731. The van der Waals surface area contributed by atoms with Gasteiger partial charge in [0.15, 0.2) is 0 Å². The summed E-state index contributed by atoms with van der Waals surface area (Å²) < 4.78 is 5.19. The Kier molecular flexibility index (Phi) is 4.12. The molecular weight excluding hydrogens is 212 g/mol. The molecule has 6 heteroatoms. The van der Waals surface area contributed by atoms with Crippen LogP contribution in [0.1, 0.15) is 25.7 Å². The topological polar surface area (TPSA) is 88.7 Å². The zero-order valence-corrected chi connectivity index (χ0v) is 9.67. The highest BCUT2D eigenvalue weighted by molar-refractivity contribution is 7.99. The molecule has 1 rings (SSSR count). The van der Waals surface area contributed by atoms with Gasteiger partial charge in [0.05, 0.1) is 6.07 Å². The van der Waals surface area contributed by atoms with E-state index in [1.807, 2.05) is 0 Å². The SMILES string of the molecule is Cc1nnc(SCCCC(C)(N)C#N)o1. The first kappa shape index (κ1) is 12.0. The molecule has 82 valence electrons. The Morgan fingerprint density at radius 1 is 1.60 bits per heavy atom. The number of aromatic nitrogens is 2. The second-order valence-corrected chi connectivity index (χ2v) is 4.61. The lowest BCUT2D eigenvalue weighted by atomic mass is 10.0. The molecule has 1 unspecified atom stereocenters. The molecule has 0 saturated carbocycles. The third-order valence-corrected chi connectivity index (χ3v) is 2.73. The lowest BCUT2D eigenvalue weighted by Gasteiger charge is -2.13. The first-order valence-corrected chi connectivity index (χ1v) is 5.65. The van der Waals surface area contributed by atoms with Gasteiger partial charge in [0, 0.05) is 12.7 Å². The third kappa shape index (κ3) is 4.32. The molecule has 0 amide bonds. The lowest BCUT2D eigenvalue weighted by molar-refractivity contribution is 0.429. The van der Waals surface area contributed by atoms with Crippen LogP contribution in [0.25, 0.3) is 0 Å². The minimum Gasteiger partial charge on any atom is -0.416 e. The molecular formula is C9H14N4OS. The van der Waals surface area contributed by atoms with E-state index in [1.165, 1.54) is 11.8 Å². The van der Waals surface area contributed by atoms with Gasteiger partial charge in [-0.1, -0.05) is 11.8 Å². The van der Waals surface area contributed by atoms with Crippen molar-refractivity contribution in [2.45, 2.75) is 37.5 Å². The fourth-order valence-electron chi connectivity index (χ4n) is 0.992. The Hall–Kier alpha value is -1.06. The van der Waals surface area contributed by atoms with Crippen LogP contribution < -0.4 is 5.73 Å². The van der Waals surface area contributed by atoms with Crippen molar-refractivity contribution in [3.63, 3.8) is 0 Å². The predicted octanol–water partition coefficient (Wildman–Crippen LogP) is 1.49. The summed E-state index contributed by atoms with van der Waals surface area (Å²) in [6, 6.07) is 2.06. The van der Waals surface area contributed by atoms with Crippen molar-refractivity contribution < 1.29 is 4.42 Å². The van der Waals surface area contributed by atoms with E-state index in [4.69, 9.17) is 15.4 Å². The van der Waals surface area contributed by atoms with Gasteiger partial charge in [-0.3, -0.25) is 0 Å². The van der Waals surface area contributed by atoms with Gasteiger partial charge in [-0.25, -0.2) is 0 Å². The van der Waals surface area contributed by atoms with Gasteiger partial charge in [0.1, 0.15) is 5.54 Å². The molecule has 0 aliphatic heterocycles. The second-order valence-electron chi connectivity index (χ2n) is 3.57. The van der Waals surface area contributed by atoms with Gasteiger partial charge < -0.3 is 10.2 Å². The highest BCUT2D eigenvalue weighted by Gasteiger charge is 2.16. The maximum Gasteiger partial charge on any atom is 0.276 e. The molecule has 0 bridgehead atoms. The number of aryl methyl sites for hydroxylation is 1. The van der Waals surface area contributed by atoms with Gasteiger partial charge in [-0.05, 0) is 19.8 Å². The van der Waals surface area contributed by atoms with E-state index < -0.39 is 5.54 Å². The van der Waals surface area contributed by atoms with E-state index in [0.717, 1.165) is 12.2 Å². The Morgan fingerprint density at radius 3 is 2.87 bits per heavy atom. The average Bonchev–Trinajstić information content (AvgIpc) is 2.59. The normalized spacial score (nSPS) is 14.5. The minimum absolute atomic E-state index is 0.568. The number of nitrogens with zero attached hydrogens (tertiary/aromatic N) is 3. The van der Waals surface area contributed by atoms with Crippen LogP contribution in [0.5, 0.6) is 0 Å². The van der Waals surface area contributed by atoms with Crippen LogP contribution in [-0.2, 0) is 0 Å². The summed E-state index contributed by atoms with van der Waals surface area (Å²) in [4.78, 5) is 0. The number of rotatable bonds is 5. The van der Waals surface area contributed by atoms with Gasteiger partial charge in [0.2, 0.25) is 5.89 Å². The van der Waals surface area contributed by atoms with Gasteiger partial charge in [-0.2, -0.15) is 5.26 Å². The van der Waals surface area contributed by atoms with E-state index in [2.05, 4.69) is 16.3 Å². The van der Waals surface area contributed by atoms with Gasteiger partial charge in [-0.15, -0.1) is 10.2 Å². The smallest absolute Gasteiger partial charge is 0.276 e. The number of hydrogen-bond acceptors (Lipinski definition) is 6. The van der Waals surface area contributed by atoms with Crippen LogP contribution in [0, 0.1) is 18.3 Å². The molecule has 0 fully saturated rings. The summed E-state index contributed by atoms with van der Waals surface area (Å²) in [5.74, 6) is 1.40. The van der Waals surface area contributed by atoms with Crippen molar-refractivity contribution in [2.24, 2.45) is 5.73 Å². The zero-order chi connectivity index (χ0) is 11.3. The molecule has 1 aromatic rings. The van der Waals surface area contributed by atoms with Crippen LogP contribution in [0.15, 0.2) is 9.64 Å². The summed E-state index contributed by atoms with van der Waals surface area (Å²) >= 11 is 1.49. The van der Waals surface area contributed by atoms with Crippen LogP contribution in [0.2, 0.25) is 0 Å². The molecule has 0 aliphatic carbocycles. The lowest BCUT2D eigenvalue weighted by Crippen LogP contribution is -2.33. The Balaban J connectivity index is 2.21. The monoisotopic (exact) mass is 226 g/mol. The first-order valence-electron chi connectivity index (χ1n) is 4.66. The number of nitrogens with two attached hydrogens (primary N) is 1. The molecule has 5 nitrogen and oxygen atoms in total. The number of hydrogen-bond donors (Lipinski definition) is 1. The Bertz CT molecular complexity index is 355. The van der Waals surface area contributed by atoms with Crippen LogP contribution in [-0.4, -0.2) is 21.5 Å². The van der Waals surface area contributed by atoms with Crippen LogP contribution in [0.3, 0.4) is 0 Å². The number of nitriles is 1. The average molecular weight is 226 g/mol. The molecule has 2 N–H and O–H groups in total. The largest absolute Gasteiger partial charge is 0.416 e. The van der Waals surface area contributed by atoms with Crippen molar-refractivity contribution in [3.05, 3.63) is 5.89 Å². The summed E-state index contributed by atoms with van der Waals surface area (Å²) in [7, 11) is 0. The van der Waals surface area contributed by atoms with Crippen LogP contribution >= 0.6 is 11.8 Å². The molecule has 0 saturated heterocycles. The van der Waals surface area contributed by atoms with Gasteiger partial charge in [0.25, 0.3) is 5.22 Å². The van der Waals surface area contributed by atoms with E-state index in [1.54, 1.807) is 13.8 Å². The molecule has 1 heterocycles. The highest BCUT2D eigenvalue weighted by atomic mass is 32.2. The quantitative estimate of drug-likeness (QED) is 0.604. The Labute approximate surface area is 93.0 Å². The van der Waals surface area contributed by atoms with E-state index in [9.17, 15) is 0 Å². The summed E-state index contributed by atoms with van der Waals surface area (Å²) in [5, 5.41) is 16.8. The molecule has 0 radical (unpaired) electrons. The summed E-state index contributed by atoms with van der Waals surface area (Å²) in [5.41, 5.74) is 4.95. The zero-order valence-electron chi connectivity index (χ0n) is 8.86.